The number of amides is 1. The first-order chi connectivity index (χ1) is 11.6. The van der Waals surface area contributed by atoms with Crippen molar-refractivity contribution < 1.29 is 26.9 Å². The first-order valence-corrected chi connectivity index (χ1v) is 9.93. The molecule has 1 aromatic carbocycles. The lowest BCUT2D eigenvalue weighted by Gasteiger charge is -2.10. The van der Waals surface area contributed by atoms with Crippen molar-refractivity contribution in [1.82, 2.24) is 0 Å². The topological polar surface area (TPSA) is 93.0 Å². The van der Waals surface area contributed by atoms with E-state index in [0.717, 1.165) is 30.6 Å². The summed E-state index contributed by atoms with van der Waals surface area (Å²) in [6.07, 6.45) is 0. The highest BCUT2D eigenvalue weighted by molar-refractivity contribution is 9.10. The SMILES string of the molecule is COC(=NC(=O)c1scc(Br)c1C)c1c(F)ccc(S(=O)(=O)O)c1Cl. The molecular weight excluding hydrogens is 461 g/mol. The van der Waals surface area contributed by atoms with E-state index in [-0.39, 0.29) is 0 Å². The van der Waals surface area contributed by atoms with E-state index < -0.39 is 43.2 Å². The average Bonchev–Trinajstić information content (AvgIpc) is 2.84. The molecular formula is C14H10BrClFNO5S2. The van der Waals surface area contributed by atoms with Crippen molar-refractivity contribution in [1.29, 1.82) is 0 Å². The van der Waals surface area contributed by atoms with E-state index in [1.807, 2.05) is 0 Å². The zero-order valence-corrected chi connectivity index (χ0v) is 16.7. The number of ether oxygens (including phenoxy) is 1. The van der Waals surface area contributed by atoms with E-state index in [1.54, 1.807) is 12.3 Å². The molecule has 1 amide bonds. The zero-order valence-electron chi connectivity index (χ0n) is 12.7. The second-order valence-electron chi connectivity index (χ2n) is 4.67. The number of hydrogen-bond acceptors (Lipinski definition) is 5. The van der Waals surface area contributed by atoms with Gasteiger partial charge < -0.3 is 4.74 Å². The quantitative estimate of drug-likeness (QED) is 0.414. The average molecular weight is 471 g/mol. The Morgan fingerprint density at radius 2 is 2.08 bits per heavy atom. The molecule has 0 saturated heterocycles. The Bertz CT molecular complexity index is 987. The van der Waals surface area contributed by atoms with Gasteiger partial charge in [0.2, 0.25) is 5.90 Å². The van der Waals surface area contributed by atoms with Crippen LogP contribution in [0.1, 0.15) is 20.8 Å². The third kappa shape index (κ3) is 4.09. The fourth-order valence-corrected chi connectivity index (χ4v) is 4.42. The molecule has 0 spiro atoms. The van der Waals surface area contributed by atoms with Crippen molar-refractivity contribution in [2.24, 2.45) is 4.99 Å². The smallest absolute Gasteiger partial charge is 0.296 e. The Morgan fingerprint density at radius 3 is 2.56 bits per heavy atom. The van der Waals surface area contributed by atoms with Gasteiger partial charge in [0, 0.05) is 9.85 Å². The van der Waals surface area contributed by atoms with Crippen LogP contribution in [0.2, 0.25) is 5.02 Å². The lowest BCUT2D eigenvalue weighted by Crippen LogP contribution is -2.13. The van der Waals surface area contributed by atoms with Crippen molar-refractivity contribution in [3.63, 3.8) is 0 Å². The Kier molecular flexibility index (Phi) is 6.00. The number of rotatable bonds is 3. The summed E-state index contributed by atoms with van der Waals surface area (Å²) in [6.45, 7) is 1.70. The first-order valence-electron chi connectivity index (χ1n) is 6.44. The number of hydrogen-bond donors (Lipinski definition) is 1. The van der Waals surface area contributed by atoms with Crippen LogP contribution >= 0.6 is 38.9 Å². The van der Waals surface area contributed by atoms with Crippen LogP contribution < -0.4 is 0 Å². The third-order valence-electron chi connectivity index (χ3n) is 3.12. The summed E-state index contributed by atoms with van der Waals surface area (Å²) in [5.41, 5.74) is 0.105. The maximum atomic E-state index is 14.2. The Labute approximate surface area is 160 Å². The molecule has 0 atom stereocenters. The summed E-state index contributed by atoms with van der Waals surface area (Å²) in [5.74, 6) is -2.19. The molecule has 2 aromatic rings. The van der Waals surface area contributed by atoms with E-state index in [1.165, 1.54) is 0 Å². The van der Waals surface area contributed by atoms with Gasteiger partial charge in [-0.05, 0) is 40.5 Å². The molecule has 0 radical (unpaired) electrons. The lowest BCUT2D eigenvalue weighted by atomic mass is 10.2. The largest absolute Gasteiger partial charge is 0.480 e. The van der Waals surface area contributed by atoms with Gasteiger partial charge >= 0.3 is 0 Å². The number of carbonyl (C=O) groups is 1. The molecule has 1 heterocycles. The van der Waals surface area contributed by atoms with E-state index >= 15 is 0 Å². The maximum absolute atomic E-state index is 14.2. The number of thiophene rings is 1. The minimum Gasteiger partial charge on any atom is -0.480 e. The molecule has 2 rings (SSSR count). The molecule has 0 aliphatic heterocycles. The molecule has 0 aliphatic rings. The number of nitrogens with zero attached hydrogens (tertiary/aromatic N) is 1. The lowest BCUT2D eigenvalue weighted by molar-refractivity contribution is 0.100. The number of methoxy groups -OCH3 is 1. The van der Waals surface area contributed by atoms with Crippen LogP contribution in [-0.4, -0.2) is 31.9 Å². The third-order valence-corrected chi connectivity index (χ3v) is 6.71. The maximum Gasteiger partial charge on any atom is 0.296 e. The van der Waals surface area contributed by atoms with Crippen molar-refractivity contribution in [3.05, 3.63) is 48.8 Å². The molecule has 11 heteroatoms. The van der Waals surface area contributed by atoms with E-state index in [9.17, 15) is 17.6 Å². The fraction of sp³-hybridized carbons (Fsp3) is 0.143. The molecule has 0 aliphatic carbocycles. The van der Waals surface area contributed by atoms with Gasteiger partial charge in [-0.15, -0.1) is 11.3 Å². The summed E-state index contributed by atoms with van der Waals surface area (Å²) < 4.78 is 51.6. The number of benzene rings is 1. The van der Waals surface area contributed by atoms with Crippen molar-refractivity contribution in [2.75, 3.05) is 7.11 Å². The standard InChI is InChI=1S/C14H10BrClFNO5S2/c1-6-7(15)5-24-12(6)13(19)18-14(23-2)10-8(17)3-4-9(11(10)16)25(20,21)22/h3-5H,1-2H3,(H,20,21,22). The summed E-state index contributed by atoms with van der Waals surface area (Å²) >= 11 is 10.3. The molecule has 0 saturated carbocycles. The normalized spacial score (nSPS) is 12.3. The molecule has 134 valence electrons. The summed E-state index contributed by atoms with van der Waals surface area (Å²) in [7, 11) is -3.57. The molecule has 0 fully saturated rings. The predicted octanol–water partition coefficient (Wildman–Crippen LogP) is 4.09. The Hall–Kier alpha value is -1.33. The Morgan fingerprint density at radius 1 is 1.44 bits per heavy atom. The van der Waals surface area contributed by atoms with Gasteiger partial charge in [-0.25, -0.2) is 4.39 Å². The van der Waals surface area contributed by atoms with Crippen LogP contribution in [0.4, 0.5) is 4.39 Å². The Balaban J connectivity index is 2.62. The molecule has 1 aromatic heterocycles. The van der Waals surface area contributed by atoms with Crippen LogP contribution in [-0.2, 0) is 14.9 Å². The van der Waals surface area contributed by atoms with E-state index in [2.05, 4.69) is 20.9 Å². The van der Waals surface area contributed by atoms with Gasteiger partial charge in [-0.1, -0.05) is 11.6 Å². The first kappa shape index (κ1) is 20.0. The van der Waals surface area contributed by atoms with Crippen molar-refractivity contribution >= 4 is 60.8 Å². The minimum absolute atomic E-state index is 0.295. The number of aliphatic imine (C=N–C) groups is 1. The second-order valence-corrected chi connectivity index (χ2v) is 8.18. The van der Waals surface area contributed by atoms with E-state index in [4.69, 9.17) is 20.9 Å². The van der Waals surface area contributed by atoms with Gasteiger partial charge in [0.05, 0.1) is 22.6 Å². The summed E-state index contributed by atoms with van der Waals surface area (Å²) in [4.78, 5) is 15.6. The van der Waals surface area contributed by atoms with Crippen LogP contribution in [0.15, 0.2) is 31.9 Å². The van der Waals surface area contributed by atoms with Crippen LogP contribution in [0.25, 0.3) is 0 Å². The van der Waals surface area contributed by atoms with Crippen LogP contribution in [0, 0.1) is 12.7 Å². The number of carbonyl (C=O) groups excluding carboxylic acids is 1. The van der Waals surface area contributed by atoms with Crippen molar-refractivity contribution in [3.8, 4) is 0 Å². The fourth-order valence-electron chi connectivity index (χ4n) is 1.88. The van der Waals surface area contributed by atoms with Crippen molar-refractivity contribution in [2.45, 2.75) is 11.8 Å². The van der Waals surface area contributed by atoms with Crippen LogP contribution in [0.5, 0.6) is 0 Å². The highest BCUT2D eigenvalue weighted by Crippen LogP contribution is 2.30. The van der Waals surface area contributed by atoms with Gasteiger partial charge in [0.15, 0.2) is 0 Å². The van der Waals surface area contributed by atoms with Gasteiger partial charge in [0.1, 0.15) is 10.7 Å². The minimum atomic E-state index is -4.70. The molecule has 1 N–H and O–H groups in total. The van der Waals surface area contributed by atoms with Crippen LogP contribution in [0.3, 0.4) is 0 Å². The predicted molar refractivity (Wildman–Crippen MR) is 95.9 cm³/mol. The second kappa shape index (κ2) is 7.50. The highest BCUT2D eigenvalue weighted by atomic mass is 79.9. The monoisotopic (exact) mass is 469 g/mol. The summed E-state index contributed by atoms with van der Waals surface area (Å²) in [5, 5.41) is 1.05. The van der Waals surface area contributed by atoms with Gasteiger partial charge in [-0.3, -0.25) is 9.35 Å². The molecule has 6 nitrogen and oxygen atoms in total. The van der Waals surface area contributed by atoms with Gasteiger partial charge in [0.25, 0.3) is 16.0 Å². The molecule has 0 unspecified atom stereocenters. The van der Waals surface area contributed by atoms with Gasteiger partial charge in [-0.2, -0.15) is 13.4 Å². The molecule has 25 heavy (non-hydrogen) atoms. The van der Waals surface area contributed by atoms with E-state index in [0.29, 0.717) is 14.9 Å². The molecule has 0 bridgehead atoms. The number of halogens is 3. The highest BCUT2D eigenvalue weighted by Gasteiger charge is 2.25. The summed E-state index contributed by atoms with van der Waals surface area (Å²) in [6, 6.07) is 1.57. The zero-order chi connectivity index (χ0) is 18.9.